The van der Waals surface area contributed by atoms with Gasteiger partial charge < -0.3 is 5.11 Å². The maximum Gasteiger partial charge on any atom is 0.435 e. The minimum atomic E-state index is -4.86. The molecule has 8 heteroatoms. The van der Waals surface area contributed by atoms with Gasteiger partial charge in [-0.2, -0.15) is 18.3 Å². The van der Waals surface area contributed by atoms with E-state index in [1.807, 2.05) is 0 Å². The highest BCUT2D eigenvalue weighted by atomic mass is 19.4. The van der Waals surface area contributed by atoms with E-state index in [2.05, 4.69) is 12.0 Å². The number of alkyl halides is 5. The van der Waals surface area contributed by atoms with E-state index < -0.39 is 35.9 Å². The van der Waals surface area contributed by atoms with Gasteiger partial charge in [0.15, 0.2) is 5.69 Å². The average Bonchev–Trinajstić information content (AvgIpc) is 2.84. The van der Waals surface area contributed by atoms with Crippen LogP contribution in [0.25, 0.3) is 0 Å². The number of aliphatic hydroxyl groups excluding tert-OH is 1. The molecule has 1 aromatic rings. The maximum absolute atomic E-state index is 13.7. The lowest BCUT2D eigenvalue weighted by atomic mass is 9.86. The fraction of sp³-hybridized carbons (Fsp3) is 0.800. The van der Waals surface area contributed by atoms with Crippen LogP contribution >= 0.6 is 0 Å². The first-order valence-electron chi connectivity index (χ1n) is 7.85. The fourth-order valence-corrected chi connectivity index (χ4v) is 3.65. The Morgan fingerprint density at radius 3 is 2.35 bits per heavy atom. The summed E-state index contributed by atoms with van der Waals surface area (Å²) in [5, 5.41) is 13.4. The van der Waals surface area contributed by atoms with Gasteiger partial charge in [-0.1, -0.05) is 6.92 Å². The molecule has 23 heavy (non-hydrogen) atoms. The molecule has 2 aliphatic rings. The molecule has 2 aliphatic carbocycles. The van der Waals surface area contributed by atoms with E-state index >= 15 is 0 Å². The molecule has 1 aromatic heterocycles. The van der Waals surface area contributed by atoms with Gasteiger partial charge in [0.1, 0.15) is 6.10 Å². The second kappa shape index (κ2) is 5.43. The van der Waals surface area contributed by atoms with E-state index in [-0.39, 0.29) is 18.2 Å². The van der Waals surface area contributed by atoms with Crippen molar-refractivity contribution in [3.05, 3.63) is 17.0 Å². The van der Waals surface area contributed by atoms with Gasteiger partial charge in [-0.25, -0.2) is 8.78 Å². The maximum atomic E-state index is 13.7. The van der Waals surface area contributed by atoms with Crippen molar-refractivity contribution in [2.75, 3.05) is 0 Å². The van der Waals surface area contributed by atoms with Gasteiger partial charge in [0.25, 0.3) is 5.92 Å². The molecule has 0 aromatic carbocycles. The molecule has 1 saturated carbocycles. The summed E-state index contributed by atoms with van der Waals surface area (Å²) in [4.78, 5) is 0. The predicted molar refractivity (Wildman–Crippen MR) is 72.1 cm³/mol. The van der Waals surface area contributed by atoms with Crippen molar-refractivity contribution in [1.82, 2.24) is 9.78 Å². The zero-order valence-corrected chi connectivity index (χ0v) is 12.7. The lowest BCUT2D eigenvalue weighted by Gasteiger charge is -2.31. The van der Waals surface area contributed by atoms with Crippen LogP contribution in [0.15, 0.2) is 0 Å². The largest absolute Gasteiger partial charge is 0.435 e. The summed E-state index contributed by atoms with van der Waals surface area (Å²) in [5.74, 6) is -3.04. The van der Waals surface area contributed by atoms with Gasteiger partial charge in [0.2, 0.25) is 0 Å². The van der Waals surface area contributed by atoms with E-state index in [1.54, 1.807) is 0 Å². The molecule has 0 aliphatic heterocycles. The minimum Gasteiger partial charge on any atom is -0.382 e. The van der Waals surface area contributed by atoms with E-state index in [0.717, 1.165) is 12.8 Å². The molecule has 0 bridgehead atoms. The number of nitrogens with zero attached hydrogens (tertiary/aromatic N) is 2. The van der Waals surface area contributed by atoms with Crippen LogP contribution in [0.2, 0.25) is 0 Å². The smallest absolute Gasteiger partial charge is 0.382 e. The quantitative estimate of drug-likeness (QED) is 0.777. The van der Waals surface area contributed by atoms with Gasteiger partial charge >= 0.3 is 6.18 Å². The average molecular weight is 338 g/mol. The third-order valence-electron chi connectivity index (χ3n) is 5.02. The summed E-state index contributed by atoms with van der Waals surface area (Å²) in [7, 11) is 0. The van der Waals surface area contributed by atoms with Crippen molar-refractivity contribution in [2.45, 2.75) is 69.7 Å². The molecule has 3 nitrogen and oxygen atoms in total. The molecule has 1 N–H and O–H groups in total. The molecule has 0 unspecified atom stereocenters. The second-order valence-corrected chi connectivity index (χ2v) is 6.73. The highest BCUT2D eigenvalue weighted by molar-refractivity contribution is 5.35. The first-order chi connectivity index (χ1) is 10.6. The molecule has 1 atom stereocenters. The van der Waals surface area contributed by atoms with Crippen LogP contribution < -0.4 is 0 Å². The van der Waals surface area contributed by atoms with Gasteiger partial charge in [0, 0.05) is 17.7 Å². The predicted octanol–water partition coefficient (Wildman–Crippen LogP) is 4.27. The summed E-state index contributed by atoms with van der Waals surface area (Å²) in [6.07, 6.45) is -5.05. The Bertz CT molecular complexity index is 587. The van der Waals surface area contributed by atoms with Gasteiger partial charge in [0.05, 0.1) is 6.04 Å². The van der Waals surface area contributed by atoms with E-state index in [0.29, 0.717) is 18.8 Å². The second-order valence-electron chi connectivity index (χ2n) is 6.73. The zero-order chi connectivity index (χ0) is 17.0. The number of aromatic nitrogens is 2. The Morgan fingerprint density at radius 2 is 1.78 bits per heavy atom. The summed E-state index contributed by atoms with van der Waals surface area (Å²) in [5.41, 5.74) is -1.97. The van der Waals surface area contributed by atoms with Crippen LogP contribution in [-0.2, 0) is 12.6 Å². The first-order valence-corrected chi connectivity index (χ1v) is 7.85. The fourth-order valence-electron chi connectivity index (χ4n) is 3.65. The summed E-state index contributed by atoms with van der Waals surface area (Å²) < 4.78 is 68.3. The van der Waals surface area contributed by atoms with E-state index in [4.69, 9.17) is 0 Å². The lowest BCUT2D eigenvalue weighted by molar-refractivity contribution is -0.150. The number of fused-ring (bicyclic) bond motifs is 1. The van der Waals surface area contributed by atoms with Crippen LogP contribution in [0.5, 0.6) is 0 Å². The van der Waals surface area contributed by atoms with Crippen molar-refractivity contribution in [3.8, 4) is 0 Å². The number of halogens is 5. The third-order valence-corrected chi connectivity index (χ3v) is 5.02. The Balaban J connectivity index is 2.06. The molecule has 0 spiro atoms. The van der Waals surface area contributed by atoms with Crippen LogP contribution in [-0.4, -0.2) is 20.8 Å². The summed E-state index contributed by atoms with van der Waals surface area (Å²) >= 11 is 0. The molecular formula is C15H19F5N2O. The third kappa shape index (κ3) is 2.86. The van der Waals surface area contributed by atoms with Gasteiger partial charge in [-0.15, -0.1) is 0 Å². The van der Waals surface area contributed by atoms with Crippen molar-refractivity contribution in [1.29, 1.82) is 0 Å². The first kappa shape index (κ1) is 16.7. The minimum absolute atomic E-state index is 0.121. The molecule has 1 heterocycles. The summed E-state index contributed by atoms with van der Waals surface area (Å²) in [6, 6.07) is -0.213. The number of hydrogen-bond donors (Lipinski definition) is 1. The normalized spacial score (nSPS) is 31.0. The van der Waals surface area contributed by atoms with Crippen molar-refractivity contribution < 1.29 is 27.1 Å². The highest BCUT2D eigenvalue weighted by Crippen LogP contribution is 2.48. The molecule has 1 fully saturated rings. The van der Waals surface area contributed by atoms with Gasteiger partial charge in [-0.3, -0.25) is 4.68 Å². The van der Waals surface area contributed by atoms with Crippen molar-refractivity contribution in [2.24, 2.45) is 5.92 Å². The van der Waals surface area contributed by atoms with Crippen molar-refractivity contribution in [3.63, 3.8) is 0 Å². The molecule has 0 amide bonds. The van der Waals surface area contributed by atoms with Crippen LogP contribution in [0.4, 0.5) is 22.0 Å². The summed E-state index contributed by atoms with van der Waals surface area (Å²) in [6.45, 7) is 2.08. The Kier molecular flexibility index (Phi) is 3.93. The number of hydrogen-bond acceptors (Lipinski definition) is 2. The Morgan fingerprint density at radius 1 is 1.17 bits per heavy atom. The molecule has 130 valence electrons. The highest BCUT2D eigenvalue weighted by Gasteiger charge is 2.51. The molecule has 0 saturated heterocycles. The topological polar surface area (TPSA) is 38.0 Å². The van der Waals surface area contributed by atoms with Crippen LogP contribution in [0.1, 0.15) is 68.1 Å². The number of aliphatic hydroxyl groups is 1. The van der Waals surface area contributed by atoms with Gasteiger partial charge in [-0.05, 0) is 38.0 Å². The monoisotopic (exact) mass is 338 g/mol. The van der Waals surface area contributed by atoms with Crippen LogP contribution in [0, 0.1) is 5.92 Å². The lowest BCUT2D eigenvalue weighted by Crippen LogP contribution is -2.33. The molecule has 3 rings (SSSR count). The van der Waals surface area contributed by atoms with Crippen LogP contribution in [0.3, 0.4) is 0 Å². The zero-order valence-electron chi connectivity index (χ0n) is 12.7. The Hall–Kier alpha value is -1.18. The molecule has 0 radical (unpaired) electrons. The van der Waals surface area contributed by atoms with Crippen molar-refractivity contribution >= 4 is 0 Å². The molecular weight excluding hydrogens is 319 g/mol. The van der Waals surface area contributed by atoms with E-state index in [9.17, 15) is 27.1 Å². The standard InChI is InChI=1S/C15H19F5N2O/c1-8-2-4-9(5-3-8)22-10-6-7-14(16,17)13(23)11(10)12(21-22)15(18,19)20/h8-9,13,23H,2-7H2,1H3/t8-,9-,13-/m0/s1. The van der Waals surface area contributed by atoms with E-state index in [1.165, 1.54) is 4.68 Å². The Labute approximate surface area is 130 Å². The number of rotatable bonds is 1. The SMILES string of the molecule is C[C@H]1CC[C@H](n2nc(C(F)(F)F)c3c2CCC(F)(F)[C@H]3O)CC1.